The van der Waals surface area contributed by atoms with Gasteiger partial charge in [-0.3, -0.25) is 9.36 Å². The standard InChI is InChI=1S/C20H20N2O6S/c1-12-15-17(29-16(12)20(25)28-8-7-26-2)21-11-22(18(15)23)10-13-5-4-6-14(9-13)19(24)27-3/h4-6,9,11H,7-8,10H2,1-3H3. The number of aromatic nitrogens is 2. The fourth-order valence-corrected chi connectivity index (χ4v) is 3.89. The minimum atomic E-state index is -0.501. The third-order valence-corrected chi connectivity index (χ3v) is 5.50. The van der Waals surface area contributed by atoms with Gasteiger partial charge in [0.15, 0.2) is 0 Å². The van der Waals surface area contributed by atoms with Crippen LogP contribution >= 0.6 is 11.3 Å². The van der Waals surface area contributed by atoms with Gasteiger partial charge in [-0.1, -0.05) is 12.1 Å². The highest BCUT2D eigenvalue weighted by molar-refractivity contribution is 7.20. The average Bonchev–Trinajstić information content (AvgIpc) is 3.07. The Hall–Kier alpha value is -3.04. The van der Waals surface area contributed by atoms with Gasteiger partial charge in [-0.15, -0.1) is 11.3 Å². The van der Waals surface area contributed by atoms with Gasteiger partial charge in [0.05, 0.1) is 37.5 Å². The molecule has 0 amide bonds. The van der Waals surface area contributed by atoms with E-state index in [0.29, 0.717) is 32.8 Å². The maximum absolute atomic E-state index is 13.0. The highest BCUT2D eigenvalue weighted by Crippen LogP contribution is 2.27. The van der Waals surface area contributed by atoms with E-state index in [1.54, 1.807) is 25.1 Å². The molecular formula is C20H20N2O6S. The van der Waals surface area contributed by atoms with Gasteiger partial charge in [0, 0.05) is 7.11 Å². The summed E-state index contributed by atoms with van der Waals surface area (Å²) in [4.78, 5) is 42.1. The number of aryl methyl sites for hydroxylation is 1. The molecule has 0 saturated carbocycles. The van der Waals surface area contributed by atoms with E-state index >= 15 is 0 Å². The third kappa shape index (κ3) is 4.36. The molecule has 0 unspecified atom stereocenters. The topological polar surface area (TPSA) is 96.7 Å². The maximum Gasteiger partial charge on any atom is 0.348 e. The molecule has 0 atom stereocenters. The number of carbonyl (C=O) groups is 2. The van der Waals surface area contributed by atoms with Gasteiger partial charge in [-0.05, 0) is 30.2 Å². The van der Waals surface area contributed by atoms with Crippen molar-refractivity contribution in [3.8, 4) is 0 Å². The Bertz CT molecular complexity index is 1120. The molecule has 152 valence electrons. The molecule has 9 heteroatoms. The number of carbonyl (C=O) groups excluding carboxylic acids is 2. The van der Waals surface area contributed by atoms with Crippen molar-refractivity contribution in [1.29, 1.82) is 0 Å². The molecule has 0 radical (unpaired) electrons. The summed E-state index contributed by atoms with van der Waals surface area (Å²) in [6.07, 6.45) is 1.44. The number of fused-ring (bicyclic) bond motifs is 1. The Morgan fingerprint density at radius 2 is 1.97 bits per heavy atom. The second-order valence-corrected chi connectivity index (χ2v) is 7.23. The molecule has 8 nitrogen and oxygen atoms in total. The smallest absolute Gasteiger partial charge is 0.348 e. The number of thiophene rings is 1. The average molecular weight is 416 g/mol. The number of methoxy groups -OCH3 is 2. The fourth-order valence-electron chi connectivity index (χ4n) is 2.86. The van der Waals surface area contributed by atoms with Crippen LogP contribution in [0, 0.1) is 6.92 Å². The summed E-state index contributed by atoms with van der Waals surface area (Å²) in [7, 11) is 2.83. The van der Waals surface area contributed by atoms with Gasteiger partial charge in [0.2, 0.25) is 0 Å². The number of hydrogen-bond donors (Lipinski definition) is 0. The van der Waals surface area contributed by atoms with Gasteiger partial charge in [0.1, 0.15) is 16.3 Å². The summed E-state index contributed by atoms with van der Waals surface area (Å²) in [6.45, 7) is 2.37. The number of esters is 2. The lowest BCUT2D eigenvalue weighted by atomic mass is 10.1. The normalized spacial score (nSPS) is 10.9. The molecule has 2 aromatic heterocycles. The second-order valence-electron chi connectivity index (χ2n) is 6.23. The first-order valence-electron chi connectivity index (χ1n) is 8.78. The number of nitrogens with zero attached hydrogens (tertiary/aromatic N) is 2. The Balaban J connectivity index is 1.92. The number of benzene rings is 1. The monoisotopic (exact) mass is 416 g/mol. The summed E-state index contributed by atoms with van der Waals surface area (Å²) in [5.74, 6) is -0.947. The summed E-state index contributed by atoms with van der Waals surface area (Å²) < 4.78 is 16.2. The predicted molar refractivity (Wildman–Crippen MR) is 108 cm³/mol. The predicted octanol–water partition coefficient (Wildman–Crippen LogP) is 2.40. The Labute approximate surface area is 170 Å². The van der Waals surface area contributed by atoms with Crippen LogP contribution < -0.4 is 5.56 Å². The molecular weight excluding hydrogens is 396 g/mol. The van der Waals surface area contributed by atoms with E-state index in [2.05, 4.69) is 4.98 Å². The molecule has 29 heavy (non-hydrogen) atoms. The first-order chi connectivity index (χ1) is 14.0. The van der Waals surface area contributed by atoms with Gasteiger partial charge >= 0.3 is 11.9 Å². The van der Waals surface area contributed by atoms with Crippen LogP contribution in [-0.4, -0.2) is 48.9 Å². The zero-order valence-corrected chi connectivity index (χ0v) is 17.1. The Morgan fingerprint density at radius 1 is 1.17 bits per heavy atom. The SMILES string of the molecule is COCCOC(=O)c1sc2ncn(Cc3cccc(C(=O)OC)c3)c(=O)c2c1C. The van der Waals surface area contributed by atoms with Gasteiger partial charge in [-0.25, -0.2) is 14.6 Å². The van der Waals surface area contributed by atoms with Crippen LogP contribution in [0.4, 0.5) is 0 Å². The summed E-state index contributed by atoms with van der Waals surface area (Å²) in [5, 5.41) is 0.389. The van der Waals surface area contributed by atoms with E-state index in [0.717, 1.165) is 16.9 Å². The fraction of sp³-hybridized carbons (Fsp3) is 0.300. The molecule has 0 aliphatic carbocycles. The van der Waals surface area contributed by atoms with E-state index < -0.39 is 11.9 Å². The molecule has 0 N–H and O–H groups in total. The molecule has 1 aromatic carbocycles. The number of rotatable bonds is 7. The van der Waals surface area contributed by atoms with E-state index in [1.165, 1.54) is 25.1 Å². The molecule has 0 spiro atoms. The summed E-state index contributed by atoms with van der Waals surface area (Å²) >= 11 is 1.13. The lowest BCUT2D eigenvalue weighted by Gasteiger charge is -2.07. The highest BCUT2D eigenvalue weighted by atomic mass is 32.1. The number of ether oxygens (including phenoxy) is 3. The van der Waals surface area contributed by atoms with Crippen molar-refractivity contribution in [2.24, 2.45) is 0 Å². The highest BCUT2D eigenvalue weighted by Gasteiger charge is 2.20. The molecule has 2 heterocycles. The minimum absolute atomic E-state index is 0.136. The first-order valence-corrected chi connectivity index (χ1v) is 9.59. The lowest BCUT2D eigenvalue weighted by molar-refractivity contribution is 0.0392. The minimum Gasteiger partial charge on any atom is -0.465 e. The van der Waals surface area contributed by atoms with Gasteiger partial charge in [0.25, 0.3) is 5.56 Å². The van der Waals surface area contributed by atoms with Crippen LogP contribution in [0.2, 0.25) is 0 Å². The first kappa shape index (κ1) is 20.7. The molecule has 0 fully saturated rings. The lowest BCUT2D eigenvalue weighted by Crippen LogP contribution is -2.21. The Kier molecular flexibility index (Phi) is 6.40. The van der Waals surface area contributed by atoms with Crippen molar-refractivity contribution < 1.29 is 23.8 Å². The summed E-state index contributed by atoms with van der Waals surface area (Å²) in [5.41, 5.74) is 1.44. The van der Waals surface area contributed by atoms with Crippen molar-refractivity contribution >= 4 is 33.5 Å². The van der Waals surface area contributed by atoms with Crippen LogP contribution in [0.5, 0.6) is 0 Å². The molecule has 0 bridgehead atoms. The van der Waals surface area contributed by atoms with Crippen molar-refractivity contribution in [3.63, 3.8) is 0 Å². The number of hydrogen-bond acceptors (Lipinski definition) is 8. The second kappa shape index (κ2) is 8.97. The maximum atomic E-state index is 13.0. The quantitative estimate of drug-likeness (QED) is 0.431. The van der Waals surface area contributed by atoms with Crippen molar-refractivity contribution in [2.75, 3.05) is 27.4 Å². The van der Waals surface area contributed by atoms with Crippen LogP contribution in [0.15, 0.2) is 35.4 Å². The zero-order valence-electron chi connectivity index (χ0n) is 16.3. The van der Waals surface area contributed by atoms with Gasteiger partial charge in [-0.2, -0.15) is 0 Å². The summed E-state index contributed by atoms with van der Waals surface area (Å²) in [6, 6.07) is 6.84. The van der Waals surface area contributed by atoms with E-state index in [-0.39, 0.29) is 18.7 Å². The van der Waals surface area contributed by atoms with Gasteiger partial charge < -0.3 is 14.2 Å². The van der Waals surface area contributed by atoms with E-state index in [1.807, 2.05) is 6.07 Å². The van der Waals surface area contributed by atoms with E-state index in [9.17, 15) is 14.4 Å². The molecule has 3 rings (SSSR count). The molecule has 0 aliphatic heterocycles. The van der Waals surface area contributed by atoms with Crippen molar-refractivity contribution in [2.45, 2.75) is 13.5 Å². The molecule has 0 aliphatic rings. The Morgan fingerprint density at radius 3 is 2.69 bits per heavy atom. The van der Waals surface area contributed by atoms with Crippen molar-refractivity contribution in [3.05, 3.63) is 62.5 Å². The van der Waals surface area contributed by atoms with E-state index in [4.69, 9.17) is 14.2 Å². The third-order valence-electron chi connectivity index (χ3n) is 4.32. The van der Waals surface area contributed by atoms with Crippen LogP contribution in [-0.2, 0) is 20.8 Å². The molecule has 3 aromatic rings. The molecule has 0 saturated heterocycles. The largest absolute Gasteiger partial charge is 0.465 e. The van der Waals surface area contributed by atoms with Crippen LogP contribution in [0.25, 0.3) is 10.2 Å². The zero-order chi connectivity index (χ0) is 21.0. The van der Waals surface area contributed by atoms with Crippen LogP contribution in [0.3, 0.4) is 0 Å². The van der Waals surface area contributed by atoms with Crippen molar-refractivity contribution in [1.82, 2.24) is 9.55 Å². The van der Waals surface area contributed by atoms with Crippen LogP contribution in [0.1, 0.15) is 31.2 Å².